The predicted octanol–water partition coefficient (Wildman–Crippen LogP) is -1.17. The van der Waals surface area contributed by atoms with Crippen LogP contribution in [0.1, 0.15) is 0 Å². The van der Waals surface area contributed by atoms with Crippen LogP contribution in [0.2, 0.25) is 0 Å². The van der Waals surface area contributed by atoms with Crippen LogP contribution < -0.4 is 5.73 Å². The summed E-state index contributed by atoms with van der Waals surface area (Å²) in [6, 6.07) is 1.16. The molecule has 0 aliphatic heterocycles. The average Bonchev–Trinajstić information content (AvgIpc) is 1.84. The number of hydrogen-bond donors (Lipinski definition) is 2. The van der Waals surface area contributed by atoms with E-state index in [4.69, 9.17) is 10.5 Å². The Morgan fingerprint density at radius 2 is 2.38 bits per heavy atom. The molecule has 0 aromatic heterocycles. The fourth-order valence-electron chi connectivity index (χ4n) is 0.103. The molecule has 0 aliphatic carbocycles. The first-order valence-corrected chi connectivity index (χ1v) is 1.64. The van der Waals surface area contributed by atoms with Crippen LogP contribution in [-0.4, -0.2) is 16.8 Å². The van der Waals surface area contributed by atoms with Gasteiger partial charge in [-0.15, -0.1) is 0 Å². The lowest BCUT2D eigenvalue weighted by Gasteiger charge is -1.80. The van der Waals surface area contributed by atoms with E-state index in [1.165, 1.54) is 0 Å². The Kier molecular flexibility index (Phi) is 2.07. The van der Waals surface area contributed by atoms with E-state index in [1.807, 2.05) is 0 Å². The maximum absolute atomic E-state index is 9.97. The first-order chi connectivity index (χ1) is 3.72. The molecule has 0 saturated carbocycles. The molecule has 3 N–H and O–H groups in total. The molecule has 0 radical (unpaired) electrons. The van der Waals surface area contributed by atoms with Crippen LogP contribution in [0.4, 0.5) is 0 Å². The summed E-state index contributed by atoms with van der Waals surface area (Å²) < 4.78 is 0. The van der Waals surface area contributed by atoms with E-state index in [2.05, 4.69) is 10.9 Å². The molecule has 0 aromatic carbocycles. The normalized spacial score (nSPS) is 10.1. The molecule has 0 atom stereocenters. The molecule has 0 bridgehead atoms. The van der Waals surface area contributed by atoms with E-state index in [-0.39, 0.29) is 0 Å². The number of carbonyl (C=O) groups excluding carboxylic acids is 1. The second-order valence-corrected chi connectivity index (χ2v) is 0.926. The van der Waals surface area contributed by atoms with Gasteiger partial charge < -0.3 is 10.9 Å². The van der Waals surface area contributed by atoms with Crippen LogP contribution in [0.5, 0.6) is 0 Å². The lowest BCUT2D eigenvalue weighted by molar-refractivity contribution is -0.108. The van der Waals surface area contributed by atoms with Gasteiger partial charge in [-0.25, -0.2) is 0 Å². The number of ketones is 1. The van der Waals surface area contributed by atoms with Gasteiger partial charge in [0, 0.05) is 0 Å². The molecule has 5 heteroatoms. The first kappa shape index (κ1) is 6.43. The largest absolute Gasteiger partial charge is 0.409 e. The number of oxime groups is 1. The summed E-state index contributed by atoms with van der Waals surface area (Å²) in [5.74, 6) is -1.72. The van der Waals surface area contributed by atoms with Crippen molar-refractivity contribution in [3.05, 3.63) is 0 Å². The molecular formula is C3H3N3O2. The molecule has 0 unspecified atom stereocenters. The maximum atomic E-state index is 9.97. The van der Waals surface area contributed by atoms with Gasteiger partial charge in [0.25, 0.3) is 5.78 Å². The van der Waals surface area contributed by atoms with Gasteiger partial charge in [0.05, 0.1) is 0 Å². The van der Waals surface area contributed by atoms with Gasteiger partial charge in [-0.1, -0.05) is 5.16 Å². The third kappa shape index (κ3) is 1.26. The van der Waals surface area contributed by atoms with Gasteiger partial charge in [-0.2, -0.15) is 5.26 Å². The third-order valence-electron chi connectivity index (χ3n) is 0.442. The number of amidine groups is 1. The molecule has 42 valence electrons. The van der Waals surface area contributed by atoms with E-state index >= 15 is 0 Å². The minimum absolute atomic E-state index is 0.687. The van der Waals surface area contributed by atoms with Crippen molar-refractivity contribution in [2.75, 3.05) is 0 Å². The van der Waals surface area contributed by atoms with Gasteiger partial charge in [0.15, 0.2) is 0 Å². The lowest BCUT2D eigenvalue weighted by Crippen LogP contribution is -2.21. The minimum Gasteiger partial charge on any atom is -0.409 e. The zero-order chi connectivity index (χ0) is 6.57. The molecule has 0 amide bonds. The molecular weight excluding hydrogens is 110 g/mol. The molecule has 0 spiro atoms. The van der Waals surface area contributed by atoms with E-state index < -0.39 is 11.6 Å². The fraction of sp³-hybridized carbons (Fsp3) is 0. The van der Waals surface area contributed by atoms with Crippen LogP contribution in [0.15, 0.2) is 5.16 Å². The second kappa shape index (κ2) is 2.58. The van der Waals surface area contributed by atoms with Crippen molar-refractivity contribution in [3.8, 4) is 6.07 Å². The molecule has 5 nitrogen and oxygen atoms in total. The third-order valence-corrected chi connectivity index (χ3v) is 0.442. The Bertz CT molecular complexity index is 166. The van der Waals surface area contributed by atoms with Crippen LogP contribution >= 0.6 is 0 Å². The summed E-state index contributed by atoms with van der Waals surface area (Å²) in [5, 5.41) is 17.8. The van der Waals surface area contributed by atoms with Crippen molar-refractivity contribution in [1.82, 2.24) is 0 Å². The summed E-state index contributed by atoms with van der Waals surface area (Å²) >= 11 is 0. The van der Waals surface area contributed by atoms with Crippen molar-refractivity contribution >= 4 is 11.6 Å². The number of hydrogen-bond acceptors (Lipinski definition) is 4. The van der Waals surface area contributed by atoms with Gasteiger partial charge >= 0.3 is 0 Å². The van der Waals surface area contributed by atoms with Crippen LogP contribution in [0.3, 0.4) is 0 Å². The maximum Gasteiger partial charge on any atom is 0.300 e. The Balaban J connectivity index is 4.10. The lowest BCUT2D eigenvalue weighted by atomic mass is 10.4. The average molecular weight is 113 g/mol. The summed E-state index contributed by atoms with van der Waals surface area (Å²) in [7, 11) is 0. The zero-order valence-electron chi connectivity index (χ0n) is 3.83. The number of Topliss-reactive ketones (excluding diaryl/α,β-unsaturated/α-hetero) is 1. The van der Waals surface area contributed by atoms with E-state index in [1.54, 1.807) is 0 Å². The van der Waals surface area contributed by atoms with Crippen molar-refractivity contribution in [1.29, 1.82) is 5.26 Å². The first-order valence-electron chi connectivity index (χ1n) is 1.64. The topological polar surface area (TPSA) is 99.5 Å². The number of nitriles is 1. The van der Waals surface area contributed by atoms with Gasteiger partial charge in [-0.3, -0.25) is 4.79 Å². The quantitative estimate of drug-likeness (QED) is 0.147. The summed E-state index contributed by atoms with van der Waals surface area (Å²) in [6.07, 6.45) is 0. The Labute approximate surface area is 45.0 Å². The smallest absolute Gasteiger partial charge is 0.300 e. The van der Waals surface area contributed by atoms with Crippen LogP contribution in [-0.2, 0) is 4.79 Å². The molecule has 0 aliphatic rings. The fourth-order valence-corrected chi connectivity index (χ4v) is 0.103. The van der Waals surface area contributed by atoms with E-state index in [0.717, 1.165) is 6.07 Å². The summed E-state index contributed by atoms with van der Waals surface area (Å²) in [5.41, 5.74) is 4.65. The highest BCUT2D eigenvalue weighted by atomic mass is 16.4. The van der Waals surface area contributed by atoms with Gasteiger partial charge in [-0.05, 0) is 0 Å². The highest BCUT2D eigenvalue weighted by molar-refractivity contribution is 6.44. The number of nitrogens with zero attached hydrogens (tertiary/aromatic N) is 2. The number of rotatable bonds is 1. The van der Waals surface area contributed by atoms with E-state index in [0.29, 0.717) is 0 Å². The minimum atomic E-state index is -1.03. The monoisotopic (exact) mass is 113 g/mol. The highest BCUT2D eigenvalue weighted by Gasteiger charge is 2.02. The Morgan fingerprint density at radius 1 is 1.88 bits per heavy atom. The highest BCUT2D eigenvalue weighted by Crippen LogP contribution is 1.66. The zero-order valence-corrected chi connectivity index (χ0v) is 3.83. The van der Waals surface area contributed by atoms with E-state index in [9.17, 15) is 4.79 Å². The standard InChI is InChI=1S/C3H3N3O2/c4-1-2(7)3(5)6-8/h8H,(H2,5,6). The van der Waals surface area contributed by atoms with Crippen LogP contribution in [0.25, 0.3) is 0 Å². The van der Waals surface area contributed by atoms with Crippen LogP contribution in [0, 0.1) is 11.3 Å². The second-order valence-electron chi connectivity index (χ2n) is 0.926. The summed E-state index contributed by atoms with van der Waals surface area (Å²) in [4.78, 5) is 9.97. The van der Waals surface area contributed by atoms with Crippen molar-refractivity contribution < 1.29 is 10.0 Å². The predicted molar refractivity (Wildman–Crippen MR) is 24.0 cm³/mol. The van der Waals surface area contributed by atoms with Crippen molar-refractivity contribution in [3.63, 3.8) is 0 Å². The summed E-state index contributed by atoms with van der Waals surface area (Å²) in [6.45, 7) is 0. The number of carbonyl (C=O) groups is 1. The Hall–Kier alpha value is -1.57. The molecule has 0 fully saturated rings. The Morgan fingerprint density at radius 3 is 2.50 bits per heavy atom. The molecule has 0 saturated heterocycles. The van der Waals surface area contributed by atoms with Crippen molar-refractivity contribution in [2.45, 2.75) is 0 Å². The van der Waals surface area contributed by atoms with Crippen molar-refractivity contribution in [2.24, 2.45) is 10.9 Å². The van der Waals surface area contributed by atoms with Gasteiger partial charge in [0.2, 0.25) is 5.84 Å². The molecule has 8 heavy (non-hydrogen) atoms. The molecule has 0 rings (SSSR count). The SMILES string of the molecule is N#CC(=O)/C(N)=N/O. The molecule has 0 aromatic rings. The van der Waals surface area contributed by atoms with Gasteiger partial charge in [0.1, 0.15) is 6.07 Å². The molecule has 0 heterocycles. The number of nitrogens with two attached hydrogens (primary N) is 1.